The number of hydrogen-bond acceptors (Lipinski definition) is 8. The van der Waals surface area contributed by atoms with Gasteiger partial charge >= 0.3 is 0 Å². The number of aryl methyl sites for hydroxylation is 1. The van der Waals surface area contributed by atoms with Crippen LogP contribution in [-0.2, 0) is 13.5 Å². The lowest BCUT2D eigenvalue weighted by Crippen LogP contribution is -2.29. The highest BCUT2D eigenvalue weighted by atomic mass is 32.1. The van der Waals surface area contributed by atoms with Crippen molar-refractivity contribution in [3.8, 4) is 0 Å². The summed E-state index contributed by atoms with van der Waals surface area (Å²) in [6, 6.07) is -0.0748. The average molecular weight is 226 g/mol. The first-order valence-corrected chi connectivity index (χ1v) is 5.03. The van der Waals surface area contributed by atoms with Crippen molar-refractivity contribution in [2.75, 3.05) is 0 Å². The molecule has 0 amide bonds. The summed E-state index contributed by atoms with van der Waals surface area (Å²) in [5.74, 6) is 6.07. The zero-order valence-electron chi connectivity index (χ0n) is 8.03. The molecule has 80 valence electrons. The van der Waals surface area contributed by atoms with E-state index in [4.69, 9.17) is 5.84 Å². The van der Waals surface area contributed by atoms with E-state index in [2.05, 4.69) is 30.4 Å². The molecular weight excluding hydrogens is 216 g/mol. The molecular formula is C6H10N8S. The Balaban J connectivity index is 2.09. The van der Waals surface area contributed by atoms with Gasteiger partial charge in [0.2, 0.25) is 0 Å². The van der Waals surface area contributed by atoms with E-state index >= 15 is 0 Å². The standard InChI is InChI=1S/C6H10N8S/c1-14-11-6(10-12-14)2-4(9-7)5-3-8-13-15-5/h3-4,9H,2,7H2,1H3. The van der Waals surface area contributed by atoms with E-state index in [1.54, 1.807) is 13.2 Å². The maximum absolute atomic E-state index is 5.44. The average Bonchev–Trinajstić information content (AvgIpc) is 2.85. The number of tetrazole rings is 1. The van der Waals surface area contributed by atoms with Crippen molar-refractivity contribution in [2.24, 2.45) is 12.9 Å². The van der Waals surface area contributed by atoms with Gasteiger partial charge in [-0.25, -0.2) is 0 Å². The van der Waals surface area contributed by atoms with Gasteiger partial charge in [-0.15, -0.1) is 15.3 Å². The van der Waals surface area contributed by atoms with E-state index in [9.17, 15) is 0 Å². The van der Waals surface area contributed by atoms with E-state index in [-0.39, 0.29) is 6.04 Å². The fourth-order valence-electron chi connectivity index (χ4n) is 1.16. The summed E-state index contributed by atoms with van der Waals surface area (Å²) in [7, 11) is 1.72. The van der Waals surface area contributed by atoms with E-state index < -0.39 is 0 Å². The fourth-order valence-corrected chi connectivity index (χ4v) is 1.72. The van der Waals surface area contributed by atoms with Crippen LogP contribution in [0.2, 0.25) is 0 Å². The zero-order valence-corrected chi connectivity index (χ0v) is 8.85. The third kappa shape index (κ3) is 2.32. The van der Waals surface area contributed by atoms with Gasteiger partial charge in [0.1, 0.15) is 0 Å². The predicted molar refractivity (Wildman–Crippen MR) is 52.5 cm³/mol. The van der Waals surface area contributed by atoms with Crippen LogP contribution < -0.4 is 11.3 Å². The Kier molecular flexibility index (Phi) is 2.94. The summed E-state index contributed by atoms with van der Waals surface area (Å²) in [5.41, 5.74) is 2.68. The molecule has 0 spiro atoms. The van der Waals surface area contributed by atoms with Crippen LogP contribution in [0.3, 0.4) is 0 Å². The molecule has 8 nitrogen and oxygen atoms in total. The van der Waals surface area contributed by atoms with Crippen molar-refractivity contribution in [3.05, 3.63) is 16.9 Å². The normalized spacial score (nSPS) is 12.9. The first kappa shape index (κ1) is 10.1. The zero-order chi connectivity index (χ0) is 10.7. The lowest BCUT2D eigenvalue weighted by atomic mass is 10.2. The minimum atomic E-state index is -0.0748. The molecule has 2 rings (SSSR count). The highest BCUT2D eigenvalue weighted by Crippen LogP contribution is 2.17. The molecule has 0 aromatic carbocycles. The summed E-state index contributed by atoms with van der Waals surface area (Å²) in [6.07, 6.45) is 2.24. The number of rotatable bonds is 4. The molecule has 2 aromatic heterocycles. The van der Waals surface area contributed by atoms with Gasteiger partial charge in [-0.2, -0.15) is 4.80 Å². The third-order valence-corrected chi connectivity index (χ3v) is 2.64. The maximum Gasteiger partial charge on any atom is 0.176 e. The molecule has 0 aliphatic heterocycles. The van der Waals surface area contributed by atoms with Crippen molar-refractivity contribution in [3.63, 3.8) is 0 Å². The monoisotopic (exact) mass is 226 g/mol. The Morgan fingerprint density at radius 3 is 3.07 bits per heavy atom. The SMILES string of the molecule is Cn1nnc(CC(NN)c2cnns2)n1. The minimum absolute atomic E-state index is 0.0748. The summed E-state index contributed by atoms with van der Waals surface area (Å²) in [4.78, 5) is 2.36. The van der Waals surface area contributed by atoms with Crippen molar-refractivity contribution in [2.45, 2.75) is 12.5 Å². The molecule has 0 fully saturated rings. The number of aromatic nitrogens is 6. The number of nitrogens with zero attached hydrogens (tertiary/aromatic N) is 6. The largest absolute Gasteiger partial charge is 0.271 e. The van der Waals surface area contributed by atoms with Crippen LogP contribution >= 0.6 is 11.5 Å². The lowest BCUT2D eigenvalue weighted by Gasteiger charge is -2.09. The second kappa shape index (κ2) is 4.38. The van der Waals surface area contributed by atoms with Crippen molar-refractivity contribution in [1.29, 1.82) is 0 Å². The van der Waals surface area contributed by atoms with Crippen LogP contribution in [0.4, 0.5) is 0 Å². The molecule has 2 heterocycles. The first-order chi connectivity index (χ1) is 7.29. The van der Waals surface area contributed by atoms with Crippen LogP contribution in [0.15, 0.2) is 6.20 Å². The van der Waals surface area contributed by atoms with Crippen molar-refractivity contribution < 1.29 is 0 Å². The summed E-state index contributed by atoms with van der Waals surface area (Å²) >= 11 is 1.30. The Bertz CT molecular complexity index is 408. The van der Waals surface area contributed by atoms with Gasteiger partial charge in [-0.05, 0) is 16.7 Å². The molecule has 3 N–H and O–H groups in total. The number of nitrogens with two attached hydrogens (primary N) is 1. The molecule has 0 saturated heterocycles. The van der Waals surface area contributed by atoms with E-state index in [0.717, 1.165) is 4.88 Å². The van der Waals surface area contributed by atoms with Gasteiger partial charge < -0.3 is 0 Å². The van der Waals surface area contributed by atoms with Crippen molar-refractivity contribution >= 4 is 11.5 Å². The molecule has 0 saturated carbocycles. The van der Waals surface area contributed by atoms with Gasteiger partial charge in [-0.3, -0.25) is 11.3 Å². The van der Waals surface area contributed by atoms with Gasteiger partial charge in [0.25, 0.3) is 0 Å². The molecule has 1 atom stereocenters. The van der Waals surface area contributed by atoms with Gasteiger partial charge in [0.05, 0.1) is 24.2 Å². The Labute approximate surface area is 89.6 Å². The minimum Gasteiger partial charge on any atom is -0.271 e. The van der Waals surface area contributed by atoms with Crippen LogP contribution in [0.25, 0.3) is 0 Å². The Morgan fingerprint density at radius 1 is 1.67 bits per heavy atom. The Morgan fingerprint density at radius 2 is 2.53 bits per heavy atom. The summed E-state index contributed by atoms with van der Waals surface area (Å²) < 4.78 is 3.77. The second-order valence-electron chi connectivity index (χ2n) is 2.94. The van der Waals surface area contributed by atoms with E-state index in [1.165, 1.54) is 16.3 Å². The second-order valence-corrected chi connectivity index (χ2v) is 3.76. The molecule has 15 heavy (non-hydrogen) atoms. The molecule has 2 aromatic rings. The van der Waals surface area contributed by atoms with Crippen molar-refractivity contribution in [1.82, 2.24) is 35.2 Å². The molecule has 0 radical (unpaired) electrons. The lowest BCUT2D eigenvalue weighted by molar-refractivity contribution is 0.543. The van der Waals surface area contributed by atoms with E-state index in [1.807, 2.05) is 0 Å². The quantitative estimate of drug-likeness (QED) is 0.498. The maximum atomic E-state index is 5.44. The van der Waals surface area contributed by atoms with Crippen LogP contribution in [-0.4, -0.2) is 29.8 Å². The van der Waals surface area contributed by atoms with Gasteiger partial charge in [0.15, 0.2) is 5.82 Å². The van der Waals surface area contributed by atoms with Gasteiger partial charge in [-0.1, -0.05) is 4.49 Å². The fraction of sp³-hybridized carbons (Fsp3) is 0.500. The molecule has 0 aliphatic carbocycles. The molecule has 0 bridgehead atoms. The Hall–Kier alpha value is -1.45. The smallest absolute Gasteiger partial charge is 0.176 e. The molecule has 0 aliphatic rings. The highest BCUT2D eigenvalue weighted by Gasteiger charge is 2.15. The van der Waals surface area contributed by atoms with Crippen LogP contribution in [0.5, 0.6) is 0 Å². The van der Waals surface area contributed by atoms with Crippen LogP contribution in [0, 0.1) is 0 Å². The molecule has 1 unspecified atom stereocenters. The first-order valence-electron chi connectivity index (χ1n) is 4.26. The predicted octanol–water partition coefficient (Wildman–Crippen LogP) is -1.19. The number of nitrogens with one attached hydrogen (secondary N) is 1. The number of hydrogen-bond donors (Lipinski definition) is 2. The van der Waals surface area contributed by atoms with Gasteiger partial charge in [0, 0.05) is 6.42 Å². The van der Waals surface area contributed by atoms with Crippen LogP contribution in [0.1, 0.15) is 16.7 Å². The third-order valence-electron chi connectivity index (χ3n) is 1.86. The molecule has 9 heteroatoms. The highest BCUT2D eigenvalue weighted by molar-refractivity contribution is 7.05. The topological polar surface area (TPSA) is 107 Å². The summed E-state index contributed by atoms with van der Waals surface area (Å²) in [5, 5.41) is 15.4. The number of hydrazine groups is 1. The summed E-state index contributed by atoms with van der Waals surface area (Å²) in [6.45, 7) is 0. The van der Waals surface area contributed by atoms with E-state index in [0.29, 0.717) is 12.2 Å².